The molecule has 0 bridgehead atoms. The lowest BCUT2D eigenvalue weighted by Gasteiger charge is -2.17. The molecule has 0 spiro atoms. The fraction of sp³-hybridized carbons (Fsp3) is 0.462. The molecule has 0 aliphatic rings. The van der Waals surface area contributed by atoms with Crippen LogP contribution in [0.3, 0.4) is 0 Å². The van der Waals surface area contributed by atoms with E-state index in [9.17, 15) is 9.90 Å². The van der Waals surface area contributed by atoms with Crippen molar-refractivity contribution in [2.24, 2.45) is 0 Å². The summed E-state index contributed by atoms with van der Waals surface area (Å²) in [4.78, 5) is 14.3. The number of thioether (sulfide) groups is 1. The van der Waals surface area contributed by atoms with Gasteiger partial charge in [0.25, 0.3) is 0 Å². The van der Waals surface area contributed by atoms with Crippen LogP contribution in [0.2, 0.25) is 0 Å². The Bertz CT molecular complexity index is 408. The maximum Gasteiger partial charge on any atom is 0.337 e. The third kappa shape index (κ3) is 4.30. The van der Waals surface area contributed by atoms with Gasteiger partial charge in [0.15, 0.2) is 0 Å². The maximum absolute atomic E-state index is 11.2. The number of hydrogen-bond acceptors (Lipinski definition) is 3. The minimum Gasteiger partial charge on any atom is -0.478 e. The van der Waals surface area contributed by atoms with E-state index in [1.165, 1.54) is 0 Å². The number of aromatic carboxylic acids is 1. The number of rotatable bonds is 7. The number of carboxylic acids is 1. The summed E-state index contributed by atoms with van der Waals surface area (Å²) in [5.74, 6) is 0.0196. The average molecular weight is 332 g/mol. The van der Waals surface area contributed by atoms with E-state index in [1.807, 2.05) is 12.1 Å². The Hall–Kier alpha value is -0.520. The summed E-state index contributed by atoms with van der Waals surface area (Å²) < 4.78 is 0.642. The van der Waals surface area contributed by atoms with Crippen molar-refractivity contribution in [2.45, 2.75) is 18.7 Å². The summed E-state index contributed by atoms with van der Waals surface area (Å²) in [7, 11) is 0. The van der Waals surface area contributed by atoms with Gasteiger partial charge in [0.2, 0.25) is 0 Å². The van der Waals surface area contributed by atoms with Gasteiger partial charge in [-0.05, 0) is 41.2 Å². The molecule has 3 nitrogen and oxygen atoms in total. The van der Waals surface area contributed by atoms with E-state index in [-0.39, 0.29) is 0 Å². The minimum atomic E-state index is -0.882. The van der Waals surface area contributed by atoms with Crippen molar-refractivity contribution in [3.63, 3.8) is 0 Å². The van der Waals surface area contributed by atoms with E-state index >= 15 is 0 Å². The van der Waals surface area contributed by atoms with Gasteiger partial charge in [-0.1, -0.05) is 19.9 Å². The molecule has 0 saturated heterocycles. The Kier molecular flexibility index (Phi) is 6.75. The van der Waals surface area contributed by atoms with E-state index in [1.54, 1.807) is 17.8 Å². The van der Waals surface area contributed by atoms with Crippen LogP contribution in [0, 0.1) is 0 Å². The molecule has 0 unspecified atom stereocenters. The average Bonchev–Trinajstić information content (AvgIpc) is 2.34. The number of carbonyl (C=O) groups is 1. The van der Waals surface area contributed by atoms with E-state index in [4.69, 9.17) is 0 Å². The number of benzene rings is 1. The first-order chi connectivity index (χ1) is 8.60. The molecule has 0 fully saturated rings. The normalized spacial score (nSPS) is 10.9. The first-order valence-corrected chi connectivity index (χ1v) is 7.75. The maximum atomic E-state index is 11.2. The summed E-state index contributed by atoms with van der Waals surface area (Å²) >= 11 is 4.89. The van der Waals surface area contributed by atoms with E-state index < -0.39 is 5.97 Å². The highest BCUT2D eigenvalue weighted by Gasteiger charge is 2.14. The van der Waals surface area contributed by atoms with Crippen LogP contribution >= 0.6 is 27.7 Å². The first-order valence-electron chi connectivity index (χ1n) is 5.97. The molecule has 0 saturated carbocycles. The summed E-state index contributed by atoms with van der Waals surface area (Å²) in [6, 6.07) is 5.50. The van der Waals surface area contributed by atoms with Gasteiger partial charge < -0.3 is 10.0 Å². The van der Waals surface area contributed by atoms with Gasteiger partial charge >= 0.3 is 5.97 Å². The predicted molar refractivity (Wildman–Crippen MR) is 79.6 cm³/mol. The molecule has 0 aliphatic heterocycles. The van der Waals surface area contributed by atoms with Crippen molar-refractivity contribution in [1.29, 1.82) is 0 Å². The van der Waals surface area contributed by atoms with E-state index in [2.05, 4.69) is 34.7 Å². The molecule has 100 valence electrons. The molecular weight excluding hydrogens is 314 g/mol. The largest absolute Gasteiger partial charge is 0.478 e. The van der Waals surface area contributed by atoms with Gasteiger partial charge in [-0.15, -0.1) is 11.8 Å². The zero-order chi connectivity index (χ0) is 13.5. The van der Waals surface area contributed by atoms with Gasteiger partial charge in [-0.25, -0.2) is 4.79 Å². The fourth-order valence-electron chi connectivity index (χ4n) is 1.66. The fourth-order valence-corrected chi connectivity index (χ4v) is 3.41. The molecule has 0 radical (unpaired) electrons. The monoisotopic (exact) mass is 331 g/mol. The van der Waals surface area contributed by atoms with Gasteiger partial charge in [0, 0.05) is 21.7 Å². The Labute approximate surface area is 121 Å². The topological polar surface area (TPSA) is 40.5 Å². The van der Waals surface area contributed by atoms with E-state index in [0.29, 0.717) is 10.0 Å². The third-order valence-electron chi connectivity index (χ3n) is 2.75. The molecule has 1 aromatic rings. The molecule has 0 aromatic heterocycles. The number of carboxylic acid groups (broad SMARTS) is 1. The van der Waals surface area contributed by atoms with Gasteiger partial charge in [0.1, 0.15) is 0 Å². The van der Waals surface area contributed by atoms with Crippen LogP contribution in [0.5, 0.6) is 0 Å². The van der Waals surface area contributed by atoms with Crippen molar-refractivity contribution in [1.82, 2.24) is 4.90 Å². The van der Waals surface area contributed by atoms with E-state index in [0.717, 1.165) is 30.3 Å². The number of hydrogen-bond donors (Lipinski definition) is 1. The summed E-state index contributed by atoms with van der Waals surface area (Å²) in [6.07, 6.45) is 0. The van der Waals surface area contributed by atoms with Crippen LogP contribution in [0.25, 0.3) is 0 Å². The first kappa shape index (κ1) is 15.5. The van der Waals surface area contributed by atoms with Crippen molar-refractivity contribution in [3.05, 3.63) is 28.2 Å². The second kappa shape index (κ2) is 7.81. The SMILES string of the molecule is CCN(CC)CCSc1cccc(Br)c1C(=O)O. The molecule has 0 atom stereocenters. The number of halogens is 1. The van der Waals surface area contributed by atoms with Gasteiger partial charge in [-0.3, -0.25) is 0 Å². The molecule has 1 aromatic carbocycles. The molecule has 5 heteroatoms. The molecule has 1 N–H and O–H groups in total. The zero-order valence-electron chi connectivity index (χ0n) is 10.6. The molecule has 0 amide bonds. The summed E-state index contributed by atoms with van der Waals surface area (Å²) in [5.41, 5.74) is 0.363. The smallest absolute Gasteiger partial charge is 0.337 e. The Morgan fingerprint density at radius 2 is 2.06 bits per heavy atom. The lowest BCUT2D eigenvalue weighted by Crippen LogP contribution is -2.25. The second-order valence-electron chi connectivity index (χ2n) is 3.79. The highest BCUT2D eigenvalue weighted by Crippen LogP contribution is 2.28. The second-order valence-corrected chi connectivity index (χ2v) is 5.78. The standard InChI is InChI=1S/C13H18BrNO2S/c1-3-15(4-2)8-9-18-11-7-5-6-10(14)12(11)13(16)17/h5-7H,3-4,8-9H2,1-2H3,(H,16,17). The van der Waals surface area contributed by atoms with Crippen LogP contribution in [0.1, 0.15) is 24.2 Å². The van der Waals surface area contributed by atoms with Gasteiger partial charge in [0.05, 0.1) is 5.56 Å². The molecule has 18 heavy (non-hydrogen) atoms. The minimum absolute atomic E-state index is 0.363. The quantitative estimate of drug-likeness (QED) is 0.775. The Balaban J connectivity index is 2.67. The highest BCUT2D eigenvalue weighted by atomic mass is 79.9. The van der Waals surface area contributed by atoms with Crippen LogP contribution in [-0.2, 0) is 0 Å². The van der Waals surface area contributed by atoms with Crippen molar-refractivity contribution in [2.75, 3.05) is 25.4 Å². The number of nitrogens with zero attached hydrogens (tertiary/aromatic N) is 1. The molecule has 0 heterocycles. The van der Waals surface area contributed by atoms with Gasteiger partial charge in [-0.2, -0.15) is 0 Å². The van der Waals surface area contributed by atoms with Crippen molar-refractivity contribution < 1.29 is 9.90 Å². The van der Waals surface area contributed by atoms with Crippen LogP contribution < -0.4 is 0 Å². The van der Waals surface area contributed by atoms with Crippen molar-refractivity contribution >= 4 is 33.7 Å². The molecule has 1 rings (SSSR count). The zero-order valence-corrected chi connectivity index (χ0v) is 13.1. The van der Waals surface area contributed by atoms with Crippen LogP contribution in [0.15, 0.2) is 27.6 Å². The van der Waals surface area contributed by atoms with Crippen LogP contribution in [-0.4, -0.2) is 41.4 Å². The summed E-state index contributed by atoms with van der Waals surface area (Å²) in [6.45, 7) is 7.30. The molecule has 0 aliphatic carbocycles. The third-order valence-corrected chi connectivity index (χ3v) is 4.45. The Morgan fingerprint density at radius 3 is 2.61 bits per heavy atom. The predicted octanol–water partition coefficient (Wildman–Crippen LogP) is 3.58. The highest BCUT2D eigenvalue weighted by molar-refractivity contribution is 9.10. The Morgan fingerprint density at radius 1 is 1.39 bits per heavy atom. The molecular formula is C13H18BrNO2S. The lowest BCUT2D eigenvalue weighted by molar-refractivity contribution is 0.0692. The van der Waals surface area contributed by atoms with Crippen LogP contribution in [0.4, 0.5) is 0 Å². The summed E-state index contributed by atoms with van der Waals surface area (Å²) in [5, 5.41) is 9.19. The lowest BCUT2D eigenvalue weighted by atomic mass is 10.2. The van der Waals surface area contributed by atoms with Crippen molar-refractivity contribution in [3.8, 4) is 0 Å².